The number of aromatic nitrogens is 2. The Morgan fingerprint density at radius 3 is 2.92 bits per heavy atom. The number of amides is 1. The molecule has 2 aromatic rings. The number of benzene rings is 1. The molecule has 26 heavy (non-hydrogen) atoms. The first-order chi connectivity index (χ1) is 12.6. The highest BCUT2D eigenvalue weighted by Gasteiger charge is 2.27. The molecule has 1 aliphatic carbocycles. The summed E-state index contributed by atoms with van der Waals surface area (Å²) in [6.45, 7) is 2.66. The Bertz CT molecular complexity index is 916. The second-order valence-corrected chi connectivity index (χ2v) is 5.85. The minimum absolute atomic E-state index is 0. The number of allylic oxidation sites excluding steroid dienone is 2. The second kappa shape index (κ2) is 7.69. The zero-order valence-electron chi connectivity index (χ0n) is 14.3. The van der Waals surface area contributed by atoms with Gasteiger partial charge in [0.1, 0.15) is 12.0 Å². The Kier molecular flexibility index (Phi) is 5.17. The first-order valence-corrected chi connectivity index (χ1v) is 8.36. The highest BCUT2D eigenvalue weighted by atomic mass is 16.2. The van der Waals surface area contributed by atoms with Crippen LogP contribution in [-0.4, -0.2) is 34.0 Å². The van der Waals surface area contributed by atoms with Crippen molar-refractivity contribution in [2.45, 2.75) is 19.8 Å². The predicted molar refractivity (Wildman–Crippen MR) is 100 cm³/mol. The van der Waals surface area contributed by atoms with Gasteiger partial charge in [0.05, 0.1) is 11.3 Å². The predicted octanol–water partition coefficient (Wildman–Crippen LogP) is 2.87. The summed E-state index contributed by atoms with van der Waals surface area (Å²) in [4.78, 5) is 44.5. The number of Topliss-reactive ketones (excluding diaryl/α,β-unsaturated/α-hetero) is 1. The summed E-state index contributed by atoms with van der Waals surface area (Å²) in [5.74, 6) is -0.906. The van der Waals surface area contributed by atoms with Gasteiger partial charge in [-0.15, -0.1) is 0 Å². The molecule has 0 fully saturated rings. The molecule has 1 amide bonds. The fraction of sp³-hybridized carbons (Fsp3) is 0.211. The molecule has 1 aromatic heterocycles. The molecule has 7 nitrogen and oxygen atoms in total. The van der Waals surface area contributed by atoms with Gasteiger partial charge in [-0.1, -0.05) is 19.4 Å². The van der Waals surface area contributed by atoms with Crippen LogP contribution in [0.4, 0.5) is 5.69 Å². The molecule has 1 aromatic carbocycles. The van der Waals surface area contributed by atoms with E-state index >= 15 is 0 Å². The van der Waals surface area contributed by atoms with Crippen LogP contribution >= 0.6 is 0 Å². The van der Waals surface area contributed by atoms with Gasteiger partial charge in [-0.05, 0) is 24.6 Å². The lowest BCUT2D eigenvalue weighted by Crippen LogP contribution is -2.25. The van der Waals surface area contributed by atoms with Gasteiger partial charge in [0, 0.05) is 32.9 Å². The van der Waals surface area contributed by atoms with Gasteiger partial charge in [-0.2, -0.15) is 0 Å². The normalized spacial score (nSPS) is 13.0. The lowest BCUT2D eigenvalue weighted by atomic mass is 9.98. The maximum atomic E-state index is 12.5. The maximum absolute atomic E-state index is 12.5. The summed E-state index contributed by atoms with van der Waals surface area (Å²) in [5.41, 5.74) is 1.40. The number of ketones is 2. The van der Waals surface area contributed by atoms with Crippen LogP contribution in [0.25, 0.3) is 0 Å². The quantitative estimate of drug-likeness (QED) is 0.774. The molecule has 0 aliphatic heterocycles. The summed E-state index contributed by atoms with van der Waals surface area (Å²) in [7, 11) is 0. The molecule has 136 valence electrons. The van der Waals surface area contributed by atoms with E-state index < -0.39 is 0 Å². The number of unbranched alkanes of at least 4 members (excludes halogenated alkanes) is 1. The summed E-state index contributed by atoms with van der Waals surface area (Å²) >= 11 is 0. The lowest BCUT2D eigenvalue weighted by Gasteiger charge is -2.15. The average molecular weight is 354 g/mol. The monoisotopic (exact) mass is 354 g/mol. The molecule has 3 rings (SSSR count). The Labute approximate surface area is 153 Å². The number of nitrogens with zero attached hydrogens (tertiary/aromatic N) is 2. The zero-order valence-corrected chi connectivity index (χ0v) is 14.3. The van der Waals surface area contributed by atoms with Gasteiger partial charge in [0.15, 0.2) is 0 Å². The minimum Gasteiger partial charge on any atom is -0.352 e. The molecule has 0 saturated carbocycles. The number of fused-ring (bicyclic) bond motifs is 1. The fourth-order valence-electron chi connectivity index (χ4n) is 2.57. The summed E-state index contributed by atoms with van der Waals surface area (Å²) in [6.07, 6.45) is 5.68. The van der Waals surface area contributed by atoms with E-state index in [0.717, 1.165) is 12.8 Å². The van der Waals surface area contributed by atoms with E-state index in [-0.39, 0.29) is 37.3 Å². The molecule has 1 heterocycles. The third-order valence-corrected chi connectivity index (χ3v) is 3.93. The first kappa shape index (κ1) is 17.5. The topological polar surface area (TPSA) is 101 Å². The van der Waals surface area contributed by atoms with Crippen molar-refractivity contribution in [2.75, 3.05) is 11.9 Å². The van der Waals surface area contributed by atoms with Crippen molar-refractivity contribution in [1.29, 1.82) is 0 Å². The van der Waals surface area contributed by atoms with Crippen molar-refractivity contribution < 1.29 is 17.2 Å². The van der Waals surface area contributed by atoms with Crippen LogP contribution in [0.15, 0.2) is 48.6 Å². The molecule has 1 aliphatic rings. The van der Waals surface area contributed by atoms with Crippen LogP contribution in [0.5, 0.6) is 0 Å². The van der Waals surface area contributed by atoms with Gasteiger partial charge < -0.3 is 10.6 Å². The molecule has 2 N–H and O–H groups in total. The summed E-state index contributed by atoms with van der Waals surface area (Å²) < 4.78 is 0. The molecular formula is C19H22N4O3. The molecule has 0 spiro atoms. The lowest BCUT2D eigenvalue weighted by molar-refractivity contribution is 0.0952. The Morgan fingerprint density at radius 2 is 2.12 bits per heavy atom. The van der Waals surface area contributed by atoms with E-state index in [1.54, 1.807) is 24.3 Å². The molecule has 7 heteroatoms. The third kappa shape index (κ3) is 3.66. The Balaban J connectivity index is 0.00000196. The molecule has 0 unspecified atom stereocenters. The SMILES string of the molecule is CCCCNC(=O)c1cccc(NC2=CC(=O)c3ncncc3C2=O)c1.[HH].[HH]. The molecule has 0 saturated heterocycles. The van der Waals surface area contributed by atoms with E-state index in [9.17, 15) is 14.4 Å². The Morgan fingerprint density at radius 1 is 1.27 bits per heavy atom. The number of hydrogen-bond acceptors (Lipinski definition) is 6. The van der Waals surface area contributed by atoms with E-state index in [0.29, 0.717) is 17.8 Å². The highest BCUT2D eigenvalue weighted by molar-refractivity contribution is 6.24. The van der Waals surface area contributed by atoms with E-state index in [1.165, 1.54) is 18.6 Å². The third-order valence-electron chi connectivity index (χ3n) is 3.93. The van der Waals surface area contributed by atoms with Crippen molar-refractivity contribution >= 4 is 23.2 Å². The van der Waals surface area contributed by atoms with E-state index in [4.69, 9.17) is 0 Å². The van der Waals surface area contributed by atoms with Crippen molar-refractivity contribution in [3.8, 4) is 0 Å². The molecule has 0 atom stereocenters. The number of rotatable bonds is 6. The number of nitrogens with one attached hydrogen (secondary N) is 2. The van der Waals surface area contributed by atoms with Gasteiger partial charge in [0.2, 0.25) is 11.6 Å². The smallest absolute Gasteiger partial charge is 0.251 e. The Hall–Kier alpha value is -3.35. The average Bonchev–Trinajstić information content (AvgIpc) is 2.66. The van der Waals surface area contributed by atoms with Crippen LogP contribution in [0.1, 0.15) is 53.8 Å². The standard InChI is InChI=1S/C19H18N4O3.2H2/c1-2-3-7-21-19(26)12-5-4-6-13(8-12)23-15-9-16(24)17-14(18(15)25)10-20-11-22-17;;/h4-6,8-11,23H,2-3,7H2,1H3,(H,21,26);2*1H. The number of anilines is 1. The van der Waals surface area contributed by atoms with Crippen LogP contribution in [0.2, 0.25) is 0 Å². The van der Waals surface area contributed by atoms with Crippen molar-refractivity contribution in [3.63, 3.8) is 0 Å². The fourth-order valence-corrected chi connectivity index (χ4v) is 2.57. The minimum atomic E-state index is -0.363. The number of carbonyl (C=O) groups excluding carboxylic acids is 3. The van der Waals surface area contributed by atoms with Crippen LogP contribution < -0.4 is 10.6 Å². The van der Waals surface area contributed by atoms with E-state index in [1.807, 2.05) is 0 Å². The summed E-state index contributed by atoms with van der Waals surface area (Å²) in [5, 5.41) is 5.76. The largest absolute Gasteiger partial charge is 0.352 e. The van der Waals surface area contributed by atoms with Crippen LogP contribution in [0, 0.1) is 0 Å². The van der Waals surface area contributed by atoms with Gasteiger partial charge in [-0.25, -0.2) is 9.97 Å². The zero-order chi connectivity index (χ0) is 18.5. The van der Waals surface area contributed by atoms with Gasteiger partial charge in [-0.3, -0.25) is 14.4 Å². The number of carbonyl (C=O) groups is 3. The number of hydrogen-bond donors (Lipinski definition) is 2. The molecule has 0 radical (unpaired) electrons. The van der Waals surface area contributed by atoms with Gasteiger partial charge >= 0.3 is 0 Å². The second-order valence-electron chi connectivity index (χ2n) is 5.85. The first-order valence-electron chi connectivity index (χ1n) is 8.36. The summed E-state index contributed by atoms with van der Waals surface area (Å²) in [6, 6.07) is 6.76. The van der Waals surface area contributed by atoms with Crippen molar-refractivity contribution in [2.24, 2.45) is 0 Å². The molecule has 0 bridgehead atoms. The van der Waals surface area contributed by atoms with Crippen LogP contribution in [-0.2, 0) is 0 Å². The van der Waals surface area contributed by atoms with E-state index in [2.05, 4.69) is 27.5 Å². The van der Waals surface area contributed by atoms with Crippen molar-refractivity contribution in [1.82, 2.24) is 15.3 Å². The maximum Gasteiger partial charge on any atom is 0.251 e. The highest BCUT2D eigenvalue weighted by Crippen LogP contribution is 2.21. The molecular weight excluding hydrogens is 332 g/mol. The van der Waals surface area contributed by atoms with Crippen LogP contribution in [0.3, 0.4) is 0 Å². The van der Waals surface area contributed by atoms with Gasteiger partial charge in [0.25, 0.3) is 5.91 Å². The van der Waals surface area contributed by atoms with Crippen molar-refractivity contribution in [3.05, 3.63) is 65.4 Å².